The van der Waals surface area contributed by atoms with Crippen LogP contribution in [0.1, 0.15) is 25.3 Å². The molecular weight excluding hydrogens is 302 g/mol. The number of hydroxylamine groups is 1. The number of nitrogens with one attached hydrogen (secondary N) is 2. The van der Waals surface area contributed by atoms with Gasteiger partial charge in [0, 0.05) is 6.21 Å². The van der Waals surface area contributed by atoms with Crippen molar-refractivity contribution in [1.82, 2.24) is 10.8 Å². The summed E-state index contributed by atoms with van der Waals surface area (Å²) >= 11 is 1.17. The molecule has 1 heterocycles. The van der Waals surface area contributed by atoms with Gasteiger partial charge in [-0.25, -0.2) is 5.48 Å². The molecule has 1 aliphatic rings. The average Bonchev–Trinajstić information content (AvgIpc) is 2.95. The van der Waals surface area contributed by atoms with E-state index >= 15 is 0 Å². The summed E-state index contributed by atoms with van der Waals surface area (Å²) in [6.07, 6.45) is 1.42. The highest BCUT2D eigenvalue weighted by atomic mass is 32.2. The second kappa shape index (κ2) is 7.42. The molecule has 2 amide bonds. The Hall–Kier alpha value is -1.86. The summed E-state index contributed by atoms with van der Waals surface area (Å²) in [6.45, 7) is 3.98. The van der Waals surface area contributed by atoms with Crippen LogP contribution in [0.25, 0.3) is 0 Å². The fourth-order valence-electron chi connectivity index (χ4n) is 2.34. The van der Waals surface area contributed by atoms with E-state index in [-0.39, 0.29) is 17.7 Å². The summed E-state index contributed by atoms with van der Waals surface area (Å²) in [6, 6.07) is 9.58. The summed E-state index contributed by atoms with van der Waals surface area (Å²) in [5.41, 5.74) is 2.02. The van der Waals surface area contributed by atoms with E-state index in [2.05, 4.69) is 10.3 Å². The van der Waals surface area contributed by atoms with Gasteiger partial charge in [0.1, 0.15) is 5.25 Å². The molecule has 0 aromatic heterocycles. The van der Waals surface area contributed by atoms with Gasteiger partial charge in [-0.3, -0.25) is 19.8 Å². The fraction of sp³-hybridized carbons (Fsp3) is 0.400. The molecule has 0 saturated carbocycles. The Bertz CT molecular complexity index is 562. The monoisotopic (exact) mass is 321 g/mol. The highest BCUT2D eigenvalue weighted by Crippen LogP contribution is 2.27. The lowest BCUT2D eigenvalue weighted by molar-refractivity contribution is -0.127. The number of hydrogen-bond acceptors (Lipinski definition) is 5. The lowest BCUT2D eigenvalue weighted by Gasteiger charge is -2.22. The van der Waals surface area contributed by atoms with Gasteiger partial charge >= 0.3 is 0 Å². The number of aliphatic imine (C=N–C) groups is 1. The van der Waals surface area contributed by atoms with Crippen molar-refractivity contribution in [2.24, 2.45) is 10.9 Å². The highest BCUT2D eigenvalue weighted by molar-refractivity contribution is 8.02. The van der Waals surface area contributed by atoms with Crippen LogP contribution in [0.5, 0.6) is 0 Å². The largest absolute Gasteiger partial charge is 0.325 e. The minimum Gasteiger partial charge on any atom is -0.325 e. The standard InChI is InChI=1S/C15H19N3O3S/c1-9(2)12(10-6-4-3-5-7-10)14(20)17-15-16-8-11(22-15)13(19)18-21/h3-9,11-12,15,21H,1-2H3,(H,17,20)(H,18,19). The molecular formula is C15H19N3O3S. The van der Waals surface area contributed by atoms with E-state index in [9.17, 15) is 9.59 Å². The summed E-state index contributed by atoms with van der Waals surface area (Å²) in [7, 11) is 0. The van der Waals surface area contributed by atoms with Gasteiger partial charge < -0.3 is 5.32 Å². The number of amides is 2. The Kier molecular flexibility index (Phi) is 5.57. The Morgan fingerprint density at radius 1 is 1.27 bits per heavy atom. The smallest absolute Gasteiger partial charge is 0.262 e. The number of nitrogens with zero attached hydrogens (tertiary/aromatic N) is 1. The van der Waals surface area contributed by atoms with E-state index in [4.69, 9.17) is 5.21 Å². The maximum absolute atomic E-state index is 12.5. The third kappa shape index (κ3) is 3.86. The lowest BCUT2D eigenvalue weighted by atomic mass is 9.88. The van der Waals surface area contributed by atoms with Gasteiger partial charge in [0.2, 0.25) is 5.91 Å². The van der Waals surface area contributed by atoms with E-state index in [0.29, 0.717) is 0 Å². The molecule has 3 N–H and O–H groups in total. The predicted molar refractivity (Wildman–Crippen MR) is 85.8 cm³/mol. The number of hydrogen-bond donors (Lipinski definition) is 3. The van der Waals surface area contributed by atoms with Crippen LogP contribution >= 0.6 is 11.8 Å². The minimum atomic E-state index is -0.593. The zero-order chi connectivity index (χ0) is 16.1. The molecule has 22 heavy (non-hydrogen) atoms. The molecule has 3 unspecified atom stereocenters. The van der Waals surface area contributed by atoms with Crippen LogP contribution in [0, 0.1) is 5.92 Å². The summed E-state index contributed by atoms with van der Waals surface area (Å²) in [5.74, 6) is -0.813. The maximum atomic E-state index is 12.5. The third-order valence-corrected chi connectivity index (χ3v) is 4.50. The van der Waals surface area contributed by atoms with Crippen LogP contribution in [-0.2, 0) is 9.59 Å². The Balaban J connectivity index is 2.02. The van der Waals surface area contributed by atoms with Crippen molar-refractivity contribution < 1.29 is 14.8 Å². The first kappa shape index (κ1) is 16.5. The van der Waals surface area contributed by atoms with Crippen LogP contribution in [0.2, 0.25) is 0 Å². The van der Waals surface area contributed by atoms with Gasteiger partial charge in [-0.05, 0) is 11.5 Å². The molecule has 2 rings (SSSR count). The van der Waals surface area contributed by atoms with Crippen molar-refractivity contribution in [3.8, 4) is 0 Å². The molecule has 7 heteroatoms. The molecule has 0 spiro atoms. The fourth-order valence-corrected chi connectivity index (χ4v) is 3.26. The minimum absolute atomic E-state index is 0.124. The van der Waals surface area contributed by atoms with Gasteiger partial charge in [0.25, 0.3) is 5.91 Å². The topological polar surface area (TPSA) is 90.8 Å². The van der Waals surface area contributed by atoms with Gasteiger partial charge in [-0.1, -0.05) is 55.9 Å². The molecule has 1 aromatic carbocycles. The molecule has 1 aromatic rings. The quantitative estimate of drug-likeness (QED) is 0.566. The number of thioether (sulfide) groups is 1. The van der Waals surface area contributed by atoms with Crippen LogP contribution < -0.4 is 10.8 Å². The first-order valence-corrected chi connectivity index (χ1v) is 7.95. The van der Waals surface area contributed by atoms with Gasteiger partial charge in [-0.15, -0.1) is 0 Å². The predicted octanol–water partition coefficient (Wildman–Crippen LogP) is 1.52. The molecule has 0 radical (unpaired) electrons. The second-order valence-corrected chi connectivity index (χ2v) is 6.55. The Labute approximate surface area is 133 Å². The van der Waals surface area contributed by atoms with Crippen molar-refractivity contribution in [3.05, 3.63) is 35.9 Å². The van der Waals surface area contributed by atoms with Crippen LogP contribution in [0.15, 0.2) is 35.3 Å². The normalized spacial score (nSPS) is 21.6. The number of carbonyl (C=O) groups excluding carboxylic acids is 2. The van der Waals surface area contributed by atoms with Gasteiger partial charge in [0.05, 0.1) is 5.92 Å². The van der Waals surface area contributed by atoms with Crippen molar-refractivity contribution >= 4 is 29.8 Å². The van der Waals surface area contributed by atoms with Gasteiger partial charge in [0.15, 0.2) is 5.50 Å². The van der Waals surface area contributed by atoms with E-state index in [1.807, 2.05) is 44.2 Å². The van der Waals surface area contributed by atoms with Crippen LogP contribution in [0.4, 0.5) is 0 Å². The third-order valence-electron chi connectivity index (χ3n) is 3.37. The zero-order valence-electron chi connectivity index (χ0n) is 12.4. The molecule has 6 nitrogen and oxygen atoms in total. The Morgan fingerprint density at radius 3 is 2.55 bits per heavy atom. The number of benzene rings is 1. The molecule has 1 aliphatic heterocycles. The summed E-state index contributed by atoms with van der Waals surface area (Å²) in [5, 5.41) is 10.9. The summed E-state index contributed by atoms with van der Waals surface area (Å²) < 4.78 is 0. The Morgan fingerprint density at radius 2 is 1.95 bits per heavy atom. The molecule has 0 aliphatic carbocycles. The van der Waals surface area contributed by atoms with Crippen molar-refractivity contribution in [2.75, 3.05) is 0 Å². The zero-order valence-corrected chi connectivity index (χ0v) is 13.2. The average molecular weight is 321 g/mol. The van der Waals surface area contributed by atoms with E-state index in [1.165, 1.54) is 18.0 Å². The van der Waals surface area contributed by atoms with E-state index in [0.717, 1.165) is 5.56 Å². The number of carbonyl (C=O) groups is 2. The van der Waals surface area contributed by atoms with Crippen molar-refractivity contribution in [2.45, 2.75) is 30.5 Å². The molecule has 0 saturated heterocycles. The SMILES string of the molecule is CC(C)C(C(=O)NC1N=CC(C(=O)NO)S1)c1ccccc1. The molecule has 0 fully saturated rings. The first-order valence-electron chi connectivity index (χ1n) is 7.01. The van der Waals surface area contributed by atoms with Crippen LogP contribution in [0.3, 0.4) is 0 Å². The molecule has 0 bridgehead atoms. The van der Waals surface area contributed by atoms with Crippen molar-refractivity contribution in [3.63, 3.8) is 0 Å². The van der Waals surface area contributed by atoms with Crippen molar-refractivity contribution in [1.29, 1.82) is 0 Å². The summed E-state index contributed by atoms with van der Waals surface area (Å²) in [4.78, 5) is 28.0. The highest BCUT2D eigenvalue weighted by Gasteiger charge is 2.31. The molecule has 118 valence electrons. The first-order chi connectivity index (χ1) is 10.5. The maximum Gasteiger partial charge on any atom is 0.262 e. The number of rotatable bonds is 5. The van der Waals surface area contributed by atoms with E-state index < -0.39 is 16.7 Å². The van der Waals surface area contributed by atoms with E-state index in [1.54, 1.807) is 5.48 Å². The lowest BCUT2D eigenvalue weighted by Crippen LogP contribution is -2.37. The second-order valence-electron chi connectivity index (χ2n) is 5.32. The van der Waals surface area contributed by atoms with Crippen LogP contribution in [-0.4, -0.2) is 34.0 Å². The van der Waals surface area contributed by atoms with Gasteiger partial charge in [-0.2, -0.15) is 0 Å². The molecule has 3 atom stereocenters.